The van der Waals surface area contributed by atoms with E-state index >= 15 is 0 Å². The molecule has 1 aromatic carbocycles. The van der Waals surface area contributed by atoms with Crippen LogP contribution in [0.2, 0.25) is 0 Å². The average molecular weight is 275 g/mol. The molecule has 0 amide bonds. The minimum absolute atomic E-state index is 0.251. The first-order valence-electron chi connectivity index (χ1n) is 7.79. The van der Waals surface area contributed by atoms with E-state index in [4.69, 9.17) is 9.47 Å². The highest BCUT2D eigenvalue weighted by Crippen LogP contribution is 2.24. The lowest BCUT2D eigenvalue weighted by Crippen LogP contribution is -2.29. The molecule has 1 saturated carbocycles. The molecule has 2 atom stereocenters. The second-order valence-electron chi connectivity index (χ2n) is 6.22. The van der Waals surface area contributed by atoms with Crippen molar-refractivity contribution in [3.05, 3.63) is 29.3 Å². The molecular formula is C17H25NO2. The van der Waals surface area contributed by atoms with Gasteiger partial charge in [0.15, 0.2) is 0 Å². The lowest BCUT2D eigenvalue weighted by atomic mass is 10.1. The van der Waals surface area contributed by atoms with Crippen molar-refractivity contribution in [2.24, 2.45) is 0 Å². The molecule has 0 aromatic heterocycles. The number of rotatable bonds is 6. The fourth-order valence-electron chi connectivity index (χ4n) is 2.68. The van der Waals surface area contributed by atoms with Gasteiger partial charge in [0.2, 0.25) is 0 Å². The zero-order valence-corrected chi connectivity index (χ0v) is 12.5. The Balaban J connectivity index is 1.43. The summed E-state index contributed by atoms with van der Waals surface area (Å²) < 4.78 is 12.0. The highest BCUT2D eigenvalue weighted by atomic mass is 16.5. The van der Waals surface area contributed by atoms with Crippen LogP contribution in [0, 0.1) is 13.8 Å². The summed E-state index contributed by atoms with van der Waals surface area (Å²) in [7, 11) is 0. The van der Waals surface area contributed by atoms with Crippen LogP contribution in [0.5, 0.6) is 5.75 Å². The van der Waals surface area contributed by atoms with Gasteiger partial charge in [0.1, 0.15) is 12.4 Å². The van der Waals surface area contributed by atoms with E-state index < -0.39 is 0 Å². The smallest absolute Gasteiger partial charge is 0.122 e. The Kier molecular flexibility index (Phi) is 4.27. The summed E-state index contributed by atoms with van der Waals surface area (Å²) in [5.74, 6) is 0.994. The summed E-state index contributed by atoms with van der Waals surface area (Å²) in [5.41, 5.74) is 2.44. The molecule has 3 heteroatoms. The number of aryl methyl sites for hydroxylation is 2. The highest BCUT2D eigenvalue weighted by Gasteiger charge is 2.28. The Labute approximate surface area is 121 Å². The maximum Gasteiger partial charge on any atom is 0.122 e. The maximum atomic E-state index is 6.04. The van der Waals surface area contributed by atoms with Gasteiger partial charge in [-0.2, -0.15) is 0 Å². The highest BCUT2D eigenvalue weighted by molar-refractivity contribution is 5.35. The van der Waals surface area contributed by atoms with Crippen LogP contribution in [0.3, 0.4) is 0 Å². The fourth-order valence-corrected chi connectivity index (χ4v) is 2.68. The van der Waals surface area contributed by atoms with Crippen molar-refractivity contribution in [2.75, 3.05) is 13.2 Å². The Morgan fingerprint density at radius 2 is 1.95 bits per heavy atom. The van der Waals surface area contributed by atoms with Gasteiger partial charge in [-0.3, -0.25) is 0 Å². The summed E-state index contributed by atoms with van der Waals surface area (Å²) in [6.45, 7) is 5.86. The molecule has 1 saturated heterocycles. The molecule has 0 bridgehead atoms. The summed E-state index contributed by atoms with van der Waals surface area (Å²) >= 11 is 0. The van der Waals surface area contributed by atoms with Crippen molar-refractivity contribution in [3.63, 3.8) is 0 Å². The van der Waals surface area contributed by atoms with E-state index in [1.165, 1.54) is 24.0 Å². The Morgan fingerprint density at radius 3 is 2.75 bits per heavy atom. The standard InChI is InChI=1S/C17H25NO2/c1-12-3-4-13(2)17(9-12)19-11-16-8-7-15(20-16)10-18-14-5-6-14/h3-4,9,14-16,18H,5-8,10-11H2,1-2H3. The summed E-state index contributed by atoms with van der Waals surface area (Å²) in [6.07, 6.45) is 5.57. The maximum absolute atomic E-state index is 6.04. The number of benzene rings is 1. The largest absolute Gasteiger partial charge is 0.491 e. The van der Waals surface area contributed by atoms with Gasteiger partial charge in [-0.15, -0.1) is 0 Å². The van der Waals surface area contributed by atoms with Crippen molar-refractivity contribution >= 4 is 0 Å². The van der Waals surface area contributed by atoms with Gasteiger partial charge in [-0.05, 0) is 56.7 Å². The van der Waals surface area contributed by atoms with E-state index in [0.29, 0.717) is 12.7 Å². The van der Waals surface area contributed by atoms with E-state index in [1.54, 1.807) is 0 Å². The summed E-state index contributed by atoms with van der Waals surface area (Å²) in [4.78, 5) is 0. The topological polar surface area (TPSA) is 30.5 Å². The predicted molar refractivity (Wildman–Crippen MR) is 80.3 cm³/mol. The SMILES string of the molecule is Cc1ccc(C)c(OCC2CCC(CNC3CC3)O2)c1. The number of ether oxygens (including phenoxy) is 2. The second-order valence-corrected chi connectivity index (χ2v) is 6.22. The lowest BCUT2D eigenvalue weighted by Gasteiger charge is -2.16. The van der Waals surface area contributed by atoms with Crippen LogP contribution in [-0.4, -0.2) is 31.4 Å². The molecular weight excluding hydrogens is 250 g/mol. The van der Waals surface area contributed by atoms with Crippen molar-refractivity contribution in [1.82, 2.24) is 5.32 Å². The van der Waals surface area contributed by atoms with Crippen LogP contribution >= 0.6 is 0 Å². The molecule has 110 valence electrons. The third-order valence-corrected chi connectivity index (χ3v) is 4.18. The molecule has 1 aromatic rings. The van der Waals surface area contributed by atoms with Gasteiger partial charge in [-0.25, -0.2) is 0 Å². The minimum atomic E-state index is 0.251. The van der Waals surface area contributed by atoms with Gasteiger partial charge in [0.05, 0.1) is 12.2 Å². The molecule has 1 N–H and O–H groups in total. The molecule has 2 fully saturated rings. The third kappa shape index (κ3) is 3.74. The van der Waals surface area contributed by atoms with Gasteiger partial charge in [0.25, 0.3) is 0 Å². The molecule has 0 spiro atoms. The number of nitrogens with one attached hydrogen (secondary N) is 1. The molecule has 20 heavy (non-hydrogen) atoms. The van der Waals surface area contributed by atoms with E-state index in [-0.39, 0.29) is 6.10 Å². The Bertz CT molecular complexity index is 456. The van der Waals surface area contributed by atoms with Crippen molar-refractivity contribution in [2.45, 2.75) is 57.8 Å². The fraction of sp³-hybridized carbons (Fsp3) is 0.647. The Hall–Kier alpha value is -1.06. The zero-order chi connectivity index (χ0) is 13.9. The van der Waals surface area contributed by atoms with Crippen molar-refractivity contribution in [1.29, 1.82) is 0 Å². The average Bonchev–Trinajstić information content (AvgIpc) is 3.16. The molecule has 3 rings (SSSR count). The first-order chi connectivity index (χ1) is 9.70. The van der Waals surface area contributed by atoms with Gasteiger partial charge < -0.3 is 14.8 Å². The molecule has 3 nitrogen and oxygen atoms in total. The van der Waals surface area contributed by atoms with E-state index in [1.807, 2.05) is 0 Å². The van der Waals surface area contributed by atoms with E-state index in [2.05, 4.69) is 37.4 Å². The van der Waals surface area contributed by atoms with Gasteiger partial charge in [-0.1, -0.05) is 12.1 Å². The van der Waals surface area contributed by atoms with Crippen molar-refractivity contribution < 1.29 is 9.47 Å². The molecule has 0 radical (unpaired) electrons. The first-order valence-corrected chi connectivity index (χ1v) is 7.79. The molecule has 1 heterocycles. The predicted octanol–water partition coefficient (Wildman–Crippen LogP) is 2.98. The molecule has 1 aliphatic carbocycles. The quantitative estimate of drug-likeness (QED) is 0.866. The Morgan fingerprint density at radius 1 is 1.15 bits per heavy atom. The number of hydrogen-bond donors (Lipinski definition) is 1. The molecule has 2 unspecified atom stereocenters. The van der Waals surface area contributed by atoms with Gasteiger partial charge in [0, 0.05) is 12.6 Å². The third-order valence-electron chi connectivity index (χ3n) is 4.18. The normalized spacial score (nSPS) is 25.9. The van der Waals surface area contributed by atoms with Gasteiger partial charge >= 0.3 is 0 Å². The van der Waals surface area contributed by atoms with E-state index in [9.17, 15) is 0 Å². The number of hydrogen-bond acceptors (Lipinski definition) is 3. The summed E-state index contributed by atoms with van der Waals surface area (Å²) in [6, 6.07) is 7.11. The second kappa shape index (κ2) is 6.15. The van der Waals surface area contributed by atoms with Crippen LogP contribution < -0.4 is 10.1 Å². The van der Waals surface area contributed by atoms with Crippen LogP contribution in [0.15, 0.2) is 18.2 Å². The van der Waals surface area contributed by atoms with Crippen LogP contribution in [0.25, 0.3) is 0 Å². The summed E-state index contributed by atoms with van der Waals surface area (Å²) in [5, 5.41) is 3.54. The molecule has 1 aliphatic heterocycles. The molecule has 2 aliphatic rings. The van der Waals surface area contributed by atoms with E-state index in [0.717, 1.165) is 31.2 Å². The monoisotopic (exact) mass is 275 g/mol. The van der Waals surface area contributed by atoms with Crippen LogP contribution in [0.1, 0.15) is 36.8 Å². The van der Waals surface area contributed by atoms with Crippen molar-refractivity contribution in [3.8, 4) is 5.75 Å². The lowest BCUT2D eigenvalue weighted by molar-refractivity contribution is 0.0183. The first kappa shape index (κ1) is 13.9. The van der Waals surface area contributed by atoms with Crippen LogP contribution in [0.4, 0.5) is 0 Å². The van der Waals surface area contributed by atoms with Crippen LogP contribution in [-0.2, 0) is 4.74 Å². The zero-order valence-electron chi connectivity index (χ0n) is 12.5. The minimum Gasteiger partial charge on any atom is -0.491 e.